The molecule has 0 aromatic carbocycles. The van der Waals surface area contributed by atoms with Crippen LogP contribution in [0.15, 0.2) is 0 Å². The van der Waals surface area contributed by atoms with E-state index in [1.807, 2.05) is 0 Å². The van der Waals surface area contributed by atoms with Crippen molar-refractivity contribution in [2.45, 2.75) is 93.0 Å². The standard InChI is InChI=1S/C19H40O4/c1-8-10-12-15-21-19(18(5,6)7,20-14-11-9-2)23-22-16-13-17(3)4/h17H,8-16H2,1-7H3. The van der Waals surface area contributed by atoms with Crippen LogP contribution in [0.2, 0.25) is 0 Å². The zero-order valence-electron chi connectivity index (χ0n) is 16.6. The largest absolute Gasteiger partial charge is 0.325 e. The van der Waals surface area contributed by atoms with E-state index >= 15 is 0 Å². The lowest BCUT2D eigenvalue weighted by Gasteiger charge is -2.41. The van der Waals surface area contributed by atoms with Gasteiger partial charge in [0.05, 0.1) is 19.8 Å². The van der Waals surface area contributed by atoms with Crippen molar-refractivity contribution < 1.29 is 19.2 Å². The summed E-state index contributed by atoms with van der Waals surface area (Å²) < 4.78 is 12.1. The molecule has 0 fully saturated rings. The zero-order valence-corrected chi connectivity index (χ0v) is 16.6. The second-order valence-corrected chi connectivity index (χ2v) is 7.65. The average molecular weight is 333 g/mol. The summed E-state index contributed by atoms with van der Waals surface area (Å²) in [6.07, 6.45) is 6.30. The monoisotopic (exact) mass is 332 g/mol. The summed E-state index contributed by atoms with van der Waals surface area (Å²) in [6.45, 7) is 16.6. The Morgan fingerprint density at radius 2 is 1.35 bits per heavy atom. The van der Waals surface area contributed by atoms with E-state index in [2.05, 4.69) is 48.5 Å². The number of rotatable bonds is 14. The SMILES string of the molecule is CCCCCOC(OCCCC)(OOCCC(C)C)C(C)(C)C. The molecule has 0 heterocycles. The van der Waals surface area contributed by atoms with Gasteiger partial charge in [-0.25, -0.2) is 4.89 Å². The summed E-state index contributed by atoms with van der Waals surface area (Å²) in [5.41, 5.74) is -0.342. The van der Waals surface area contributed by atoms with E-state index in [0.29, 0.717) is 25.7 Å². The molecule has 0 rings (SSSR count). The van der Waals surface area contributed by atoms with Crippen LogP contribution in [-0.4, -0.2) is 25.8 Å². The van der Waals surface area contributed by atoms with Gasteiger partial charge in [0.1, 0.15) is 0 Å². The maximum absolute atomic E-state index is 6.08. The Labute approximate surface area is 144 Å². The molecule has 140 valence electrons. The summed E-state index contributed by atoms with van der Waals surface area (Å²) in [5.74, 6) is -0.568. The topological polar surface area (TPSA) is 36.9 Å². The van der Waals surface area contributed by atoms with E-state index in [0.717, 1.165) is 38.5 Å². The molecular formula is C19H40O4. The number of hydrogen-bond donors (Lipinski definition) is 0. The minimum atomic E-state index is -1.15. The smallest absolute Gasteiger partial charge is 0.317 e. The molecule has 23 heavy (non-hydrogen) atoms. The number of unbranched alkanes of at least 4 members (excludes halogenated alkanes) is 3. The van der Waals surface area contributed by atoms with E-state index in [4.69, 9.17) is 19.2 Å². The van der Waals surface area contributed by atoms with E-state index < -0.39 is 5.97 Å². The Hall–Kier alpha value is -0.160. The quantitative estimate of drug-likeness (QED) is 0.177. The first kappa shape index (κ1) is 22.8. The van der Waals surface area contributed by atoms with Crippen molar-refractivity contribution in [1.29, 1.82) is 0 Å². The Morgan fingerprint density at radius 3 is 1.83 bits per heavy atom. The summed E-state index contributed by atoms with van der Waals surface area (Å²) in [5, 5.41) is 0. The van der Waals surface area contributed by atoms with Crippen LogP contribution in [0.3, 0.4) is 0 Å². The maximum atomic E-state index is 6.08. The fraction of sp³-hybridized carbons (Fsp3) is 1.00. The van der Waals surface area contributed by atoms with Crippen LogP contribution < -0.4 is 0 Å². The highest BCUT2D eigenvalue weighted by molar-refractivity contribution is 4.75. The lowest BCUT2D eigenvalue weighted by Crippen LogP contribution is -2.51. The molecule has 0 bridgehead atoms. The average Bonchev–Trinajstić information content (AvgIpc) is 2.46. The predicted octanol–water partition coefficient (Wildman–Crippen LogP) is 5.70. The number of hydrogen-bond acceptors (Lipinski definition) is 4. The van der Waals surface area contributed by atoms with Gasteiger partial charge in [-0.1, -0.05) is 67.7 Å². The third kappa shape index (κ3) is 9.65. The van der Waals surface area contributed by atoms with Gasteiger partial charge in [-0.2, -0.15) is 4.89 Å². The molecule has 0 aliphatic rings. The molecule has 0 aromatic rings. The van der Waals surface area contributed by atoms with Gasteiger partial charge < -0.3 is 9.47 Å². The molecule has 0 aliphatic carbocycles. The second kappa shape index (κ2) is 12.2. The molecule has 0 aromatic heterocycles. The summed E-state index contributed by atoms with van der Waals surface area (Å²) in [4.78, 5) is 11.2. The molecule has 0 saturated carbocycles. The number of ether oxygens (including phenoxy) is 2. The summed E-state index contributed by atoms with van der Waals surface area (Å²) >= 11 is 0. The first-order valence-electron chi connectivity index (χ1n) is 9.37. The first-order valence-corrected chi connectivity index (χ1v) is 9.37. The van der Waals surface area contributed by atoms with Gasteiger partial charge >= 0.3 is 5.97 Å². The van der Waals surface area contributed by atoms with Crippen LogP contribution in [0.4, 0.5) is 0 Å². The lowest BCUT2D eigenvalue weighted by molar-refractivity contribution is -0.534. The second-order valence-electron chi connectivity index (χ2n) is 7.65. The molecule has 0 amide bonds. The van der Waals surface area contributed by atoms with Crippen molar-refractivity contribution in [3.63, 3.8) is 0 Å². The predicted molar refractivity (Wildman–Crippen MR) is 95.0 cm³/mol. The highest BCUT2D eigenvalue weighted by Gasteiger charge is 2.48. The van der Waals surface area contributed by atoms with E-state index in [1.165, 1.54) is 0 Å². The molecule has 0 saturated heterocycles. The van der Waals surface area contributed by atoms with Crippen molar-refractivity contribution in [2.75, 3.05) is 19.8 Å². The fourth-order valence-electron chi connectivity index (χ4n) is 1.96. The maximum Gasteiger partial charge on any atom is 0.317 e. The minimum Gasteiger partial charge on any atom is -0.325 e. The van der Waals surface area contributed by atoms with Gasteiger partial charge in [-0.15, -0.1) is 0 Å². The van der Waals surface area contributed by atoms with Crippen LogP contribution in [-0.2, 0) is 19.2 Å². The Morgan fingerprint density at radius 1 is 0.783 bits per heavy atom. The first-order chi connectivity index (χ1) is 10.8. The van der Waals surface area contributed by atoms with Crippen molar-refractivity contribution >= 4 is 0 Å². The van der Waals surface area contributed by atoms with E-state index in [1.54, 1.807) is 0 Å². The van der Waals surface area contributed by atoms with Crippen LogP contribution >= 0.6 is 0 Å². The highest BCUT2D eigenvalue weighted by atomic mass is 17.3. The van der Waals surface area contributed by atoms with Gasteiger partial charge in [-0.3, -0.25) is 0 Å². The van der Waals surface area contributed by atoms with Crippen molar-refractivity contribution in [3.05, 3.63) is 0 Å². The Bertz CT molecular complexity index is 273. The van der Waals surface area contributed by atoms with Crippen LogP contribution in [0.1, 0.15) is 87.0 Å². The molecule has 0 radical (unpaired) electrons. The molecule has 4 heteroatoms. The molecule has 1 unspecified atom stereocenters. The Balaban J connectivity index is 4.77. The van der Waals surface area contributed by atoms with Crippen LogP contribution in [0, 0.1) is 11.3 Å². The molecular weight excluding hydrogens is 292 g/mol. The van der Waals surface area contributed by atoms with Gasteiger partial charge in [-0.05, 0) is 25.2 Å². The molecule has 1 atom stereocenters. The van der Waals surface area contributed by atoms with Crippen molar-refractivity contribution in [1.82, 2.24) is 0 Å². The fourth-order valence-corrected chi connectivity index (χ4v) is 1.96. The molecule has 4 nitrogen and oxygen atoms in total. The normalized spacial score (nSPS) is 15.1. The van der Waals surface area contributed by atoms with Gasteiger partial charge in [0.15, 0.2) is 0 Å². The molecule has 0 N–H and O–H groups in total. The molecule has 0 spiro atoms. The summed E-state index contributed by atoms with van der Waals surface area (Å²) in [6, 6.07) is 0. The van der Waals surface area contributed by atoms with Gasteiger partial charge in [0.2, 0.25) is 0 Å². The third-order valence-electron chi connectivity index (χ3n) is 3.70. The summed E-state index contributed by atoms with van der Waals surface area (Å²) in [7, 11) is 0. The minimum absolute atomic E-state index is 0.342. The molecule has 0 aliphatic heterocycles. The Kier molecular flexibility index (Phi) is 12.2. The van der Waals surface area contributed by atoms with Crippen molar-refractivity contribution in [2.24, 2.45) is 11.3 Å². The van der Waals surface area contributed by atoms with E-state index in [9.17, 15) is 0 Å². The van der Waals surface area contributed by atoms with E-state index in [-0.39, 0.29) is 5.41 Å². The highest BCUT2D eigenvalue weighted by Crippen LogP contribution is 2.37. The lowest BCUT2D eigenvalue weighted by atomic mass is 9.93. The van der Waals surface area contributed by atoms with Crippen LogP contribution in [0.5, 0.6) is 0 Å². The zero-order chi connectivity index (χ0) is 17.8. The van der Waals surface area contributed by atoms with Gasteiger partial charge in [0, 0.05) is 5.41 Å². The van der Waals surface area contributed by atoms with Crippen LogP contribution in [0.25, 0.3) is 0 Å². The third-order valence-corrected chi connectivity index (χ3v) is 3.70. The van der Waals surface area contributed by atoms with Gasteiger partial charge in [0.25, 0.3) is 0 Å². The van der Waals surface area contributed by atoms with Crippen molar-refractivity contribution in [3.8, 4) is 0 Å².